The molecule has 0 aliphatic heterocycles. The van der Waals surface area contributed by atoms with E-state index in [1.54, 1.807) is 24.3 Å². The zero-order valence-electron chi connectivity index (χ0n) is 16.9. The largest absolute Gasteiger partial charge is 0.484 e. The van der Waals surface area contributed by atoms with Gasteiger partial charge in [-0.1, -0.05) is 66.7 Å². The van der Waals surface area contributed by atoms with E-state index >= 15 is 0 Å². The SMILES string of the molecule is O=C(COc1cccc(C(=O)NCc2ccccc2)c1)Nc1ccc2ccccc2c1. The summed E-state index contributed by atoms with van der Waals surface area (Å²) < 4.78 is 5.59. The maximum atomic E-state index is 12.4. The molecule has 4 aromatic carbocycles. The summed E-state index contributed by atoms with van der Waals surface area (Å²) in [4.78, 5) is 24.7. The summed E-state index contributed by atoms with van der Waals surface area (Å²) in [5, 5.41) is 7.88. The van der Waals surface area contributed by atoms with Gasteiger partial charge in [0.1, 0.15) is 5.75 Å². The van der Waals surface area contributed by atoms with Gasteiger partial charge in [0, 0.05) is 17.8 Å². The number of carbonyl (C=O) groups excluding carboxylic acids is 2. The number of amides is 2. The number of benzene rings is 4. The summed E-state index contributed by atoms with van der Waals surface area (Å²) in [5.74, 6) is -0.00912. The van der Waals surface area contributed by atoms with E-state index in [0.29, 0.717) is 23.5 Å². The first-order chi connectivity index (χ1) is 15.2. The Labute approximate surface area is 180 Å². The molecule has 0 aliphatic carbocycles. The molecule has 0 aromatic heterocycles. The van der Waals surface area contributed by atoms with Crippen LogP contribution in [0.25, 0.3) is 10.8 Å². The third kappa shape index (κ3) is 5.48. The van der Waals surface area contributed by atoms with E-state index in [0.717, 1.165) is 16.3 Å². The molecule has 0 saturated carbocycles. The Balaban J connectivity index is 1.31. The van der Waals surface area contributed by atoms with E-state index < -0.39 is 0 Å². The number of anilines is 1. The molecule has 4 rings (SSSR count). The predicted molar refractivity (Wildman–Crippen MR) is 122 cm³/mol. The number of ether oxygens (including phenoxy) is 1. The van der Waals surface area contributed by atoms with Crippen molar-refractivity contribution in [2.24, 2.45) is 0 Å². The lowest BCUT2D eigenvalue weighted by molar-refractivity contribution is -0.118. The van der Waals surface area contributed by atoms with Gasteiger partial charge in [0.25, 0.3) is 11.8 Å². The molecule has 0 saturated heterocycles. The minimum absolute atomic E-state index is 0.151. The van der Waals surface area contributed by atoms with Crippen molar-refractivity contribution >= 4 is 28.3 Å². The lowest BCUT2D eigenvalue weighted by Gasteiger charge is -2.10. The molecule has 5 nitrogen and oxygen atoms in total. The van der Waals surface area contributed by atoms with Gasteiger partial charge in [0.2, 0.25) is 0 Å². The molecule has 0 fully saturated rings. The number of fused-ring (bicyclic) bond motifs is 1. The van der Waals surface area contributed by atoms with Crippen LogP contribution in [-0.4, -0.2) is 18.4 Å². The summed E-state index contributed by atoms with van der Waals surface area (Å²) >= 11 is 0. The number of hydrogen-bond donors (Lipinski definition) is 2. The monoisotopic (exact) mass is 410 g/mol. The van der Waals surface area contributed by atoms with E-state index in [1.165, 1.54) is 0 Å². The second-order valence-electron chi connectivity index (χ2n) is 7.09. The molecule has 0 aliphatic rings. The lowest BCUT2D eigenvalue weighted by atomic mass is 10.1. The quantitative estimate of drug-likeness (QED) is 0.460. The van der Waals surface area contributed by atoms with Crippen molar-refractivity contribution in [3.63, 3.8) is 0 Å². The molecule has 154 valence electrons. The molecular formula is C26H22N2O3. The fourth-order valence-electron chi connectivity index (χ4n) is 3.22. The van der Waals surface area contributed by atoms with Crippen LogP contribution in [0.1, 0.15) is 15.9 Å². The van der Waals surface area contributed by atoms with Crippen LogP contribution < -0.4 is 15.4 Å². The molecule has 0 radical (unpaired) electrons. The average molecular weight is 410 g/mol. The summed E-state index contributed by atoms with van der Waals surface area (Å²) in [6.07, 6.45) is 0. The third-order valence-electron chi connectivity index (χ3n) is 4.80. The van der Waals surface area contributed by atoms with Crippen LogP contribution >= 0.6 is 0 Å². The van der Waals surface area contributed by atoms with E-state index in [4.69, 9.17) is 4.74 Å². The standard InChI is InChI=1S/C26H22N2O3/c29-25(28-23-14-13-20-9-4-5-10-21(20)15-23)18-31-24-12-6-11-22(16-24)26(30)27-17-19-7-2-1-3-8-19/h1-16H,17-18H2,(H,27,30)(H,28,29). The van der Waals surface area contributed by atoms with Gasteiger partial charge < -0.3 is 15.4 Å². The first-order valence-corrected chi connectivity index (χ1v) is 10.0. The smallest absolute Gasteiger partial charge is 0.262 e. The molecule has 0 unspecified atom stereocenters. The van der Waals surface area contributed by atoms with Crippen molar-refractivity contribution < 1.29 is 14.3 Å². The van der Waals surface area contributed by atoms with Gasteiger partial charge in [0.05, 0.1) is 0 Å². The van der Waals surface area contributed by atoms with Crippen LogP contribution in [0, 0.1) is 0 Å². The highest BCUT2D eigenvalue weighted by Gasteiger charge is 2.09. The highest BCUT2D eigenvalue weighted by atomic mass is 16.5. The van der Waals surface area contributed by atoms with Crippen LogP contribution in [0.15, 0.2) is 97.1 Å². The maximum absolute atomic E-state index is 12.4. The Morgan fingerprint density at radius 3 is 2.35 bits per heavy atom. The van der Waals surface area contributed by atoms with Gasteiger partial charge in [-0.25, -0.2) is 0 Å². The first-order valence-electron chi connectivity index (χ1n) is 10.0. The summed E-state index contributed by atoms with van der Waals surface area (Å²) in [6.45, 7) is 0.292. The molecule has 0 spiro atoms. The van der Waals surface area contributed by atoms with Gasteiger partial charge in [-0.2, -0.15) is 0 Å². The van der Waals surface area contributed by atoms with Crippen molar-refractivity contribution in [1.29, 1.82) is 0 Å². The van der Waals surface area contributed by atoms with Gasteiger partial charge >= 0.3 is 0 Å². The van der Waals surface area contributed by atoms with Crippen molar-refractivity contribution in [1.82, 2.24) is 5.32 Å². The summed E-state index contributed by atoms with van der Waals surface area (Å²) in [7, 11) is 0. The Hall–Kier alpha value is -4.12. The Morgan fingerprint density at radius 2 is 1.52 bits per heavy atom. The van der Waals surface area contributed by atoms with Crippen LogP contribution in [0.2, 0.25) is 0 Å². The molecule has 31 heavy (non-hydrogen) atoms. The van der Waals surface area contributed by atoms with Crippen LogP contribution in [-0.2, 0) is 11.3 Å². The molecule has 0 heterocycles. The number of carbonyl (C=O) groups is 2. The Morgan fingerprint density at radius 1 is 0.742 bits per heavy atom. The molecule has 4 aromatic rings. The van der Waals surface area contributed by atoms with E-state index in [-0.39, 0.29) is 18.4 Å². The summed E-state index contributed by atoms with van der Waals surface area (Å²) in [5.41, 5.74) is 2.21. The van der Waals surface area contributed by atoms with Crippen molar-refractivity contribution in [3.8, 4) is 5.75 Å². The highest BCUT2D eigenvalue weighted by Crippen LogP contribution is 2.19. The van der Waals surface area contributed by atoms with Crippen molar-refractivity contribution in [2.75, 3.05) is 11.9 Å². The number of rotatable bonds is 7. The fourth-order valence-corrected chi connectivity index (χ4v) is 3.22. The predicted octanol–water partition coefficient (Wildman–Crippen LogP) is 4.79. The molecule has 0 atom stereocenters. The zero-order valence-corrected chi connectivity index (χ0v) is 16.9. The fraction of sp³-hybridized carbons (Fsp3) is 0.0769. The number of nitrogens with one attached hydrogen (secondary N) is 2. The minimum Gasteiger partial charge on any atom is -0.484 e. The van der Waals surface area contributed by atoms with Crippen molar-refractivity contribution in [2.45, 2.75) is 6.54 Å². The van der Waals surface area contributed by atoms with Gasteiger partial charge in [0.15, 0.2) is 6.61 Å². The Bertz CT molecular complexity index is 1210. The highest BCUT2D eigenvalue weighted by molar-refractivity contribution is 5.96. The van der Waals surface area contributed by atoms with Crippen molar-refractivity contribution in [3.05, 3.63) is 108 Å². The average Bonchev–Trinajstić information content (AvgIpc) is 2.82. The minimum atomic E-state index is -0.269. The molecule has 2 amide bonds. The third-order valence-corrected chi connectivity index (χ3v) is 4.80. The van der Waals surface area contributed by atoms with E-state index in [1.807, 2.05) is 72.8 Å². The second kappa shape index (κ2) is 9.59. The Kier molecular flexibility index (Phi) is 6.24. The van der Waals surface area contributed by atoms with E-state index in [9.17, 15) is 9.59 Å². The van der Waals surface area contributed by atoms with Crippen LogP contribution in [0.4, 0.5) is 5.69 Å². The van der Waals surface area contributed by atoms with Crippen LogP contribution in [0.5, 0.6) is 5.75 Å². The zero-order chi connectivity index (χ0) is 21.5. The normalized spacial score (nSPS) is 10.5. The molecule has 0 bridgehead atoms. The number of hydrogen-bond acceptors (Lipinski definition) is 3. The lowest BCUT2D eigenvalue weighted by Crippen LogP contribution is -2.23. The molecule has 2 N–H and O–H groups in total. The van der Waals surface area contributed by atoms with E-state index in [2.05, 4.69) is 10.6 Å². The maximum Gasteiger partial charge on any atom is 0.262 e. The van der Waals surface area contributed by atoms with Crippen LogP contribution in [0.3, 0.4) is 0 Å². The van der Waals surface area contributed by atoms with Gasteiger partial charge in [-0.05, 0) is 46.7 Å². The first kappa shape index (κ1) is 20.2. The summed E-state index contributed by atoms with van der Waals surface area (Å²) in [6, 6.07) is 30.2. The van der Waals surface area contributed by atoms with Gasteiger partial charge in [-0.15, -0.1) is 0 Å². The molecular weight excluding hydrogens is 388 g/mol. The van der Waals surface area contributed by atoms with Gasteiger partial charge in [-0.3, -0.25) is 9.59 Å². The topological polar surface area (TPSA) is 67.4 Å². The second-order valence-corrected chi connectivity index (χ2v) is 7.09. The molecule has 5 heteroatoms.